The van der Waals surface area contributed by atoms with E-state index in [1.54, 1.807) is 19.1 Å². The van der Waals surface area contributed by atoms with E-state index in [0.717, 1.165) is 22.3 Å². The molecule has 0 bridgehead atoms. The van der Waals surface area contributed by atoms with Crippen molar-refractivity contribution in [2.45, 2.75) is 32.6 Å². The number of ether oxygens (including phenoxy) is 1. The largest absolute Gasteiger partial charge is 0.456 e. The normalized spacial score (nSPS) is 11.5. The summed E-state index contributed by atoms with van der Waals surface area (Å²) in [6.07, 6.45) is 0. The van der Waals surface area contributed by atoms with Gasteiger partial charge in [0.2, 0.25) is 0 Å². The van der Waals surface area contributed by atoms with Gasteiger partial charge < -0.3 is 4.74 Å². The van der Waals surface area contributed by atoms with Crippen molar-refractivity contribution >= 4 is 10.1 Å². The quantitative estimate of drug-likeness (QED) is 0.872. The molecule has 4 nitrogen and oxygen atoms in total. The zero-order valence-electron chi connectivity index (χ0n) is 12.5. The van der Waals surface area contributed by atoms with Gasteiger partial charge in [-0.1, -0.05) is 6.07 Å². The van der Waals surface area contributed by atoms with Crippen LogP contribution < -0.4 is 4.74 Å². The van der Waals surface area contributed by atoms with E-state index in [4.69, 9.17) is 4.74 Å². The Morgan fingerprint density at radius 1 is 0.857 bits per heavy atom. The van der Waals surface area contributed by atoms with E-state index in [-0.39, 0.29) is 10.6 Å². The van der Waals surface area contributed by atoms with Crippen molar-refractivity contribution in [2.75, 3.05) is 0 Å². The Kier molecular flexibility index (Phi) is 4.07. The average Bonchev–Trinajstić information content (AvgIpc) is 2.36. The zero-order chi connectivity index (χ0) is 15.8. The Labute approximate surface area is 125 Å². The molecule has 0 fully saturated rings. The molecular weight excluding hydrogens is 288 g/mol. The minimum atomic E-state index is -4.34. The van der Waals surface area contributed by atoms with Gasteiger partial charge in [0.05, 0.1) is 0 Å². The van der Waals surface area contributed by atoms with Crippen molar-refractivity contribution in [1.29, 1.82) is 0 Å². The van der Waals surface area contributed by atoms with E-state index in [9.17, 15) is 13.0 Å². The van der Waals surface area contributed by atoms with Crippen molar-refractivity contribution in [3.8, 4) is 11.5 Å². The predicted molar refractivity (Wildman–Crippen MR) is 81.7 cm³/mol. The molecule has 2 aromatic rings. The van der Waals surface area contributed by atoms with Gasteiger partial charge in [0, 0.05) is 0 Å². The first-order chi connectivity index (χ1) is 9.68. The Morgan fingerprint density at radius 2 is 1.43 bits per heavy atom. The van der Waals surface area contributed by atoms with Crippen LogP contribution in [0.5, 0.6) is 11.5 Å². The smallest absolute Gasteiger partial charge is 0.298 e. The van der Waals surface area contributed by atoms with Gasteiger partial charge >= 0.3 is 0 Å². The van der Waals surface area contributed by atoms with E-state index < -0.39 is 10.1 Å². The minimum Gasteiger partial charge on any atom is -0.456 e. The van der Waals surface area contributed by atoms with Gasteiger partial charge in [-0.2, -0.15) is 8.42 Å². The fourth-order valence-electron chi connectivity index (χ4n) is 1.95. The number of benzene rings is 2. The van der Waals surface area contributed by atoms with Crippen LogP contribution in [0, 0.1) is 27.7 Å². The lowest BCUT2D eigenvalue weighted by Gasteiger charge is -2.13. The van der Waals surface area contributed by atoms with Gasteiger partial charge in [-0.15, -0.1) is 0 Å². The summed E-state index contributed by atoms with van der Waals surface area (Å²) in [5.74, 6) is 0.662. The van der Waals surface area contributed by atoms with Gasteiger partial charge in [0.15, 0.2) is 0 Å². The average molecular weight is 306 g/mol. The molecule has 21 heavy (non-hydrogen) atoms. The van der Waals surface area contributed by atoms with Crippen molar-refractivity contribution in [3.05, 3.63) is 52.6 Å². The summed E-state index contributed by atoms with van der Waals surface area (Å²) in [5, 5.41) is 0. The zero-order valence-corrected chi connectivity index (χ0v) is 13.3. The SMILES string of the molecule is Cc1ccc(Oc2cc(C)c(C)cc2S(=O)(=O)O)cc1C. The van der Waals surface area contributed by atoms with Gasteiger partial charge in [0.1, 0.15) is 16.4 Å². The summed E-state index contributed by atoms with van der Waals surface area (Å²) in [5.41, 5.74) is 3.83. The van der Waals surface area contributed by atoms with Crippen molar-refractivity contribution < 1.29 is 17.7 Å². The summed E-state index contributed by atoms with van der Waals surface area (Å²) < 4.78 is 38.0. The van der Waals surface area contributed by atoms with E-state index >= 15 is 0 Å². The highest BCUT2D eigenvalue weighted by Crippen LogP contribution is 2.32. The molecule has 0 radical (unpaired) electrons. The Hall–Kier alpha value is -1.85. The van der Waals surface area contributed by atoms with E-state index in [2.05, 4.69) is 0 Å². The summed E-state index contributed by atoms with van der Waals surface area (Å²) in [6.45, 7) is 7.57. The Balaban J connectivity index is 2.53. The second kappa shape index (κ2) is 5.50. The first-order valence-corrected chi connectivity index (χ1v) is 7.96. The molecule has 0 aliphatic carbocycles. The molecule has 2 rings (SSSR count). The van der Waals surface area contributed by atoms with Gasteiger partial charge in [-0.3, -0.25) is 4.55 Å². The molecule has 0 aliphatic heterocycles. The predicted octanol–water partition coefficient (Wildman–Crippen LogP) is 3.96. The standard InChI is InChI=1S/C16H18O4S/c1-10-5-6-14(7-11(10)2)20-15-8-12(3)13(4)9-16(15)21(17,18)19/h5-9H,1-4H3,(H,17,18,19). The number of aryl methyl sites for hydroxylation is 4. The number of rotatable bonds is 3. The second-order valence-corrected chi connectivity index (χ2v) is 6.60. The minimum absolute atomic E-state index is 0.129. The molecular formula is C16H18O4S. The van der Waals surface area contributed by atoms with Crippen LogP contribution in [-0.2, 0) is 10.1 Å². The maximum Gasteiger partial charge on any atom is 0.298 e. The van der Waals surface area contributed by atoms with Crippen LogP contribution >= 0.6 is 0 Å². The highest BCUT2D eigenvalue weighted by molar-refractivity contribution is 7.86. The van der Waals surface area contributed by atoms with Crippen LogP contribution in [0.3, 0.4) is 0 Å². The maximum absolute atomic E-state index is 11.5. The van der Waals surface area contributed by atoms with Crippen LogP contribution in [0.2, 0.25) is 0 Å². The van der Waals surface area contributed by atoms with Crippen LogP contribution in [0.15, 0.2) is 35.2 Å². The molecule has 0 atom stereocenters. The van der Waals surface area contributed by atoms with E-state index in [1.807, 2.05) is 32.9 Å². The lowest BCUT2D eigenvalue weighted by molar-refractivity contribution is 0.449. The molecule has 2 aromatic carbocycles. The molecule has 112 valence electrons. The third kappa shape index (κ3) is 3.43. The molecule has 0 amide bonds. The van der Waals surface area contributed by atoms with Crippen LogP contribution in [-0.4, -0.2) is 13.0 Å². The van der Waals surface area contributed by atoms with Crippen LogP contribution in [0.25, 0.3) is 0 Å². The summed E-state index contributed by atoms with van der Waals surface area (Å²) >= 11 is 0. The van der Waals surface area contributed by atoms with Crippen molar-refractivity contribution in [2.24, 2.45) is 0 Å². The van der Waals surface area contributed by atoms with E-state index in [0.29, 0.717) is 5.75 Å². The molecule has 0 heterocycles. The molecule has 0 aliphatic rings. The van der Waals surface area contributed by atoms with Crippen LogP contribution in [0.1, 0.15) is 22.3 Å². The topological polar surface area (TPSA) is 63.6 Å². The summed E-state index contributed by atoms with van der Waals surface area (Å²) in [4.78, 5) is -0.219. The van der Waals surface area contributed by atoms with Crippen LogP contribution in [0.4, 0.5) is 0 Å². The number of hydrogen-bond acceptors (Lipinski definition) is 3. The number of hydrogen-bond donors (Lipinski definition) is 1. The lowest BCUT2D eigenvalue weighted by atomic mass is 10.1. The van der Waals surface area contributed by atoms with Crippen molar-refractivity contribution in [1.82, 2.24) is 0 Å². The molecule has 0 aromatic heterocycles. The van der Waals surface area contributed by atoms with Gasteiger partial charge in [-0.05, 0) is 74.2 Å². The molecule has 1 N–H and O–H groups in total. The van der Waals surface area contributed by atoms with Crippen molar-refractivity contribution in [3.63, 3.8) is 0 Å². The Morgan fingerprint density at radius 3 is 2.00 bits per heavy atom. The maximum atomic E-state index is 11.5. The lowest BCUT2D eigenvalue weighted by Crippen LogP contribution is -2.03. The highest BCUT2D eigenvalue weighted by atomic mass is 32.2. The third-order valence-corrected chi connectivity index (χ3v) is 4.42. The van der Waals surface area contributed by atoms with Gasteiger partial charge in [-0.25, -0.2) is 0 Å². The highest BCUT2D eigenvalue weighted by Gasteiger charge is 2.19. The molecule has 0 saturated heterocycles. The van der Waals surface area contributed by atoms with Gasteiger partial charge in [0.25, 0.3) is 10.1 Å². The fourth-order valence-corrected chi connectivity index (χ4v) is 2.63. The monoisotopic (exact) mass is 306 g/mol. The first-order valence-electron chi connectivity index (χ1n) is 6.52. The summed E-state index contributed by atoms with van der Waals surface area (Å²) in [7, 11) is -4.34. The molecule has 0 saturated carbocycles. The summed E-state index contributed by atoms with van der Waals surface area (Å²) in [6, 6.07) is 8.54. The molecule has 5 heteroatoms. The molecule has 0 spiro atoms. The van der Waals surface area contributed by atoms with E-state index in [1.165, 1.54) is 6.07 Å². The first kappa shape index (κ1) is 15.5. The Bertz CT molecular complexity index is 792. The fraction of sp³-hybridized carbons (Fsp3) is 0.250. The second-order valence-electron chi connectivity index (χ2n) is 5.21. The third-order valence-electron chi connectivity index (χ3n) is 3.54. The molecule has 0 unspecified atom stereocenters.